The molecule has 3 nitrogen and oxygen atoms in total. The summed E-state index contributed by atoms with van der Waals surface area (Å²) < 4.78 is 5.82. The number of hydrogen-bond acceptors (Lipinski definition) is 2. The highest BCUT2D eigenvalue weighted by molar-refractivity contribution is 7.80. The predicted octanol–water partition coefficient (Wildman–Crippen LogP) is 4.06. The Labute approximate surface area is 137 Å². The van der Waals surface area contributed by atoms with E-state index in [9.17, 15) is 0 Å². The number of rotatable bonds is 5. The van der Waals surface area contributed by atoms with Crippen LogP contribution in [0.15, 0.2) is 48.5 Å². The van der Waals surface area contributed by atoms with Gasteiger partial charge in [-0.1, -0.05) is 30.3 Å². The predicted molar refractivity (Wildman–Crippen MR) is 96.7 cm³/mol. The Balaban J connectivity index is 1.80. The van der Waals surface area contributed by atoms with Gasteiger partial charge in [-0.15, -0.1) is 0 Å². The van der Waals surface area contributed by atoms with Crippen molar-refractivity contribution in [3.05, 3.63) is 59.7 Å². The molecule has 4 heteroatoms. The lowest BCUT2D eigenvalue weighted by Crippen LogP contribution is -2.39. The molecule has 2 aromatic rings. The molecule has 0 aliphatic carbocycles. The van der Waals surface area contributed by atoms with E-state index in [1.807, 2.05) is 50.2 Å². The van der Waals surface area contributed by atoms with Gasteiger partial charge in [-0.05, 0) is 62.3 Å². The van der Waals surface area contributed by atoms with Crippen molar-refractivity contribution in [2.45, 2.75) is 26.8 Å². The second-order valence-corrected chi connectivity index (χ2v) is 5.85. The second kappa shape index (κ2) is 7.80. The van der Waals surface area contributed by atoms with Crippen LogP contribution in [0, 0.1) is 13.8 Å². The largest absolute Gasteiger partial charge is 0.491 e. The fourth-order valence-electron chi connectivity index (χ4n) is 2.09. The molecule has 0 heterocycles. The first-order chi connectivity index (χ1) is 10.5. The number of hydrogen-bond donors (Lipinski definition) is 2. The minimum absolute atomic E-state index is 0.115. The fraction of sp³-hybridized carbons (Fsp3) is 0.278. The lowest BCUT2D eigenvalue weighted by molar-refractivity contribution is 0.285. The van der Waals surface area contributed by atoms with Crippen LogP contribution < -0.4 is 15.4 Å². The van der Waals surface area contributed by atoms with Crippen LogP contribution in [0.25, 0.3) is 0 Å². The molecular formula is C18H22N2OS. The Morgan fingerprint density at radius 3 is 2.64 bits per heavy atom. The van der Waals surface area contributed by atoms with Crippen molar-refractivity contribution in [2.75, 3.05) is 11.9 Å². The molecule has 0 radical (unpaired) electrons. The molecule has 0 amide bonds. The van der Waals surface area contributed by atoms with Crippen LogP contribution in [0.1, 0.15) is 18.1 Å². The van der Waals surface area contributed by atoms with Crippen LogP contribution in [0.5, 0.6) is 5.75 Å². The highest BCUT2D eigenvalue weighted by atomic mass is 32.1. The van der Waals surface area contributed by atoms with Gasteiger partial charge in [-0.2, -0.15) is 0 Å². The molecule has 22 heavy (non-hydrogen) atoms. The minimum atomic E-state index is 0.115. The number of benzene rings is 2. The van der Waals surface area contributed by atoms with E-state index in [0.29, 0.717) is 11.7 Å². The molecule has 0 fully saturated rings. The zero-order valence-corrected chi connectivity index (χ0v) is 14.0. The maximum atomic E-state index is 5.82. The molecular weight excluding hydrogens is 292 g/mol. The molecule has 1 atom stereocenters. The van der Waals surface area contributed by atoms with Gasteiger partial charge in [0.2, 0.25) is 0 Å². The number of aryl methyl sites for hydroxylation is 2. The normalized spacial score (nSPS) is 11.6. The fourth-order valence-corrected chi connectivity index (χ4v) is 2.41. The quantitative estimate of drug-likeness (QED) is 0.816. The van der Waals surface area contributed by atoms with Gasteiger partial charge < -0.3 is 15.4 Å². The first-order valence-corrected chi connectivity index (χ1v) is 7.78. The molecule has 0 aliphatic rings. The van der Waals surface area contributed by atoms with Crippen LogP contribution in [0.4, 0.5) is 5.69 Å². The molecule has 0 saturated heterocycles. The van der Waals surface area contributed by atoms with Crippen molar-refractivity contribution in [2.24, 2.45) is 0 Å². The van der Waals surface area contributed by atoms with E-state index >= 15 is 0 Å². The Bertz CT molecular complexity index is 642. The van der Waals surface area contributed by atoms with E-state index in [1.165, 1.54) is 5.56 Å². The van der Waals surface area contributed by atoms with Gasteiger partial charge in [-0.25, -0.2) is 0 Å². The summed E-state index contributed by atoms with van der Waals surface area (Å²) in [6.45, 7) is 6.70. The molecule has 116 valence electrons. The summed E-state index contributed by atoms with van der Waals surface area (Å²) in [5, 5.41) is 7.02. The maximum Gasteiger partial charge on any atom is 0.171 e. The SMILES string of the molecule is Cc1cccc(NC(=S)N[C@H](C)COc2ccccc2C)c1. The zero-order chi connectivity index (χ0) is 15.9. The summed E-state index contributed by atoms with van der Waals surface area (Å²) in [5.41, 5.74) is 3.32. The maximum absolute atomic E-state index is 5.82. The number of thiocarbonyl (C=S) groups is 1. The highest BCUT2D eigenvalue weighted by Gasteiger charge is 2.06. The highest BCUT2D eigenvalue weighted by Crippen LogP contribution is 2.16. The zero-order valence-electron chi connectivity index (χ0n) is 13.2. The second-order valence-electron chi connectivity index (χ2n) is 5.45. The van der Waals surface area contributed by atoms with Gasteiger partial charge >= 0.3 is 0 Å². The summed E-state index contributed by atoms with van der Waals surface area (Å²) in [7, 11) is 0. The molecule has 0 saturated carbocycles. The third-order valence-corrected chi connectivity index (χ3v) is 3.46. The summed E-state index contributed by atoms with van der Waals surface area (Å²) in [5.74, 6) is 0.911. The summed E-state index contributed by atoms with van der Waals surface area (Å²) in [6.07, 6.45) is 0. The van der Waals surface area contributed by atoms with E-state index in [-0.39, 0.29) is 6.04 Å². The smallest absolute Gasteiger partial charge is 0.171 e. The number of nitrogens with one attached hydrogen (secondary N) is 2. The third-order valence-electron chi connectivity index (χ3n) is 3.24. The summed E-state index contributed by atoms with van der Waals surface area (Å²) >= 11 is 5.33. The molecule has 0 aromatic heterocycles. The Hall–Kier alpha value is -2.07. The summed E-state index contributed by atoms with van der Waals surface area (Å²) in [6, 6.07) is 16.2. The molecule has 2 aromatic carbocycles. The van der Waals surface area contributed by atoms with Gasteiger partial charge in [0.25, 0.3) is 0 Å². The van der Waals surface area contributed by atoms with Gasteiger partial charge in [0.1, 0.15) is 12.4 Å². The Morgan fingerprint density at radius 1 is 1.14 bits per heavy atom. The summed E-state index contributed by atoms with van der Waals surface area (Å²) in [4.78, 5) is 0. The lowest BCUT2D eigenvalue weighted by Gasteiger charge is -2.18. The molecule has 0 aliphatic heterocycles. The number of anilines is 1. The van der Waals surface area contributed by atoms with E-state index < -0.39 is 0 Å². The molecule has 2 rings (SSSR count). The molecule has 0 bridgehead atoms. The molecule has 2 N–H and O–H groups in total. The van der Waals surface area contributed by atoms with Crippen molar-refractivity contribution >= 4 is 23.0 Å². The molecule has 0 unspecified atom stereocenters. The van der Waals surface area contributed by atoms with Crippen molar-refractivity contribution in [3.63, 3.8) is 0 Å². The minimum Gasteiger partial charge on any atom is -0.491 e. The van der Waals surface area contributed by atoms with Crippen molar-refractivity contribution < 1.29 is 4.74 Å². The van der Waals surface area contributed by atoms with E-state index in [2.05, 4.69) is 29.7 Å². The van der Waals surface area contributed by atoms with Gasteiger partial charge in [0, 0.05) is 5.69 Å². The average molecular weight is 314 g/mol. The monoisotopic (exact) mass is 314 g/mol. The van der Waals surface area contributed by atoms with Crippen LogP contribution >= 0.6 is 12.2 Å². The van der Waals surface area contributed by atoms with Gasteiger partial charge in [0.15, 0.2) is 5.11 Å². The number of ether oxygens (including phenoxy) is 1. The Kier molecular flexibility index (Phi) is 5.78. The lowest BCUT2D eigenvalue weighted by atomic mass is 10.2. The van der Waals surface area contributed by atoms with Crippen molar-refractivity contribution in [1.29, 1.82) is 0 Å². The van der Waals surface area contributed by atoms with Crippen molar-refractivity contribution in [3.8, 4) is 5.75 Å². The average Bonchev–Trinajstić information content (AvgIpc) is 2.46. The van der Waals surface area contributed by atoms with Crippen LogP contribution in [-0.4, -0.2) is 17.8 Å². The molecule has 0 spiro atoms. The van der Waals surface area contributed by atoms with Crippen LogP contribution in [-0.2, 0) is 0 Å². The van der Waals surface area contributed by atoms with Crippen LogP contribution in [0.3, 0.4) is 0 Å². The van der Waals surface area contributed by atoms with Crippen LogP contribution in [0.2, 0.25) is 0 Å². The van der Waals surface area contributed by atoms with Crippen molar-refractivity contribution in [1.82, 2.24) is 5.32 Å². The van der Waals surface area contributed by atoms with E-state index in [1.54, 1.807) is 0 Å². The first-order valence-electron chi connectivity index (χ1n) is 7.37. The number of para-hydroxylation sites is 1. The van der Waals surface area contributed by atoms with E-state index in [0.717, 1.165) is 17.0 Å². The van der Waals surface area contributed by atoms with Gasteiger partial charge in [0.05, 0.1) is 6.04 Å². The third kappa shape index (κ3) is 5.04. The standard InChI is InChI=1S/C18H22N2OS/c1-13-7-6-9-16(11-13)20-18(22)19-15(3)12-21-17-10-5-4-8-14(17)2/h4-11,15H,12H2,1-3H3,(H2,19,20,22)/t15-/m1/s1. The van der Waals surface area contributed by atoms with Gasteiger partial charge in [-0.3, -0.25) is 0 Å². The topological polar surface area (TPSA) is 33.3 Å². The Morgan fingerprint density at radius 2 is 1.91 bits per heavy atom. The first kappa shape index (κ1) is 16.3. The van der Waals surface area contributed by atoms with E-state index in [4.69, 9.17) is 17.0 Å².